The SMILES string of the molecule is NCCCCC(CC(=O)Cc1cccc2ccccc12)C(=O)N[C@@H](CS)C(=O)O. The molecule has 0 aromatic heterocycles. The van der Waals surface area contributed by atoms with E-state index in [1.807, 2.05) is 42.5 Å². The van der Waals surface area contributed by atoms with Crippen LogP contribution in [0.1, 0.15) is 31.2 Å². The lowest BCUT2D eigenvalue weighted by atomic mass is 9.91. The fourth-order valence-corrected chi connectivity index (χ4v) is 3.59. The van der Waals surface area contributed by atoms with Crippen LogP contribution in [0.4, 0.5) is 0 Å². The van der Waals surface area contributed by atoms with Crippen molar-refractivity contribution in [2.24, 2.45) is 11.7 Å². The summed E-state index contributed by atoms with van der Waals surface area (Å²) in [6.07, 6.45) is 2.24. The monoisotopic (exact) mass is 416 g/mol. The van der Waals surface area contributed by atoms with Crippen LogP contribution in [0.2, 0.25) is 0 Å². The fourth-order valence-electron chi connectivity index (χ4n) is 3.34. The summed E-state index contributed by atoms with van der Waals surface area (Å²) in [5.74, 6) is -2.20. The van der Waals surface area contributed by atoms with Crippen molar-refractivity contribution in [1.29, 1.82) is 0 Å². The van der Waals surface area contributed by atoms with E-state index in [1.54, 1.807) is 0 Å². The molecule has 1 amide bonds. The molecule has 0 aliphatic rings. The molecule has 0 bridgehead atoms. The number of rotatable bonds is 12. The predicted molar refractivity (Wildman–Crippen MR) is 117 cm³/mol. The minimum absolute atomic E-state index is 0.0133. The van der Waals surface area contributed by atoms with Gasteiger partial charge in [-0.15, -0.1) is 0 Å². The smallest absolute Gasteiger partial charge is 0.327 e. The van der Waals surface area contributed by atoms with E-state index in [4.69, 9.17) is 10.8 Å². The highest BCUT2D eigenvalue weighted by molar-refractivity contribution is 7.80. The average Bonchev–Trinajstić information content (AvgIpc) is 2.71. The number of unbranched alkanes of at least 4 members (excludes halogenated alkanes) is 1. The molecule has 156 valence electrons. The zero-order chi connectivity index (χ0) is 21.2. The first-order chi connectivity index (χ1) is 14.0. The summed E-state index contributed by atoms with van der Waals surface area (Å²) in [5, 5.41) is 13.7. The maximum atomic E-state index is 12.8. The third-order valence-electron chi connectivity index (χ3n) is 4.92. The standard InChI is InChI=1S/C22H28N2O4S/c23-11-4-3-7-17(21(26)24-20(14-29)22(27)28)13-18(25)12-16-9-5-8-15-6-1-2-10-19(15)16/h1-2,5-6,8-10,17,20,29H,3-4,7,11-14,23H2,(H,24,26)(H,27,28)/t17?,20-/m0/s1. The summed E-state index contributed by atoms with van der Waals surface area (Å²) in [7, 11) is 0. The van der Waals surface area contributed by atoms with Gasteiger partial charge in [0.25, 0.3) is 0 Å². The van der Waals surface area contributed by atoms with Gasteiger partial charge >= 0.3 is 5.97 Å². The summed E-state index contributed by atoms with van der Waals surface area (Å²) in [5.41, 5.74) is 6.46. The van der Waals surface area contributed by atoms with Crippen LogP contribution >= 0.6 is 12.6 Å². The van der Waals surface area contributed by atoms with Gasteiger partial charge in [-0.2, -0.15) is 12.6 Å². The summed E-state index contributed by atoms with van der Waals surface area (Å²) in [6, 6.07) is 12.6. The molecule has 4 N–H and O–H groups in total. The molecule has 6 nitrogen and oxygen atoms in total. The van der Waals surface area contributed by atoms with Crippen molar-refractivity contribution >= 4 is 41.1 Å². The maximum Gasteiger partial charge on any atom is 0.327 e. The van der Waals surface area contributed by atoms with Crippen molar-refractivity contribution in [3.05, 3.63) is 48.0 Å². The van der Waals surface area contributed by atoms with Gasteiger partial charge in [0.2, 0.25) is 5.91 Å². The summed E-state index contributed by atoms with van der Waals surface area (Å²) < 4.78 is 0. The van der Waals surface area contributed by atoms with Crippen molar-refractivity contribution in [2.75, 3.05) is 12.3 Å². The first kappa shape index (κ1) is 22.9. The van der Waals surface area contributed by atoms with Crippen LogP contribution in [0, 0.1) is 5.92 Å². The minimum atomic E-state index is -1.14. The second-order valence-corrected chi connectivity index (χ2v) is 7.49. The van der Waals surface area contributed by atoms with E-state index in [2.05, 4.69) is 17.9 Å². The molecule has 1 unspecified atom stereocenters. The lowest BCUT2D eigenvalue weighted by Gasteiger charge is -2.19. The molecule has 0 aliphatic carbocycles. The molecule has 2 atom stereocenters. The Labute approximate surface area is 176 Å². The molecule has 29 heavy (non-hydrogen) atoms. The molecule has 2 rings (SSSR count). The maximum absolute atomic E-state index is 12.8. The molecular formula is C22H28N2O4S. The predicted octanol–water partition coefficient (Wildman–Crippen LogP) is 2.59. The van der Waals surface area contributed by atoms with Gasteiger partial charge in [-0.3, -0.25) is 9.59 Å². The highest BCUT2D eigenvalue weighted by atomic mass is 32.1. The minimum Gasteiger partial charge on any atom is -0.480 e. The van der Waals surface area contributed by atoms with E-state index in [9.17, 15) is 14.4 Å². The zero-order valence-electron chi connectivity index (χ0n) is 16.3. The molecule has 0 saturated heterocycles. The summed E-state index contributed by atoms with van der Waals surface area (Å²) in [4.78, 5) is 36.6. The van der Waals surface area contributed by atoms with E-state index in [0.717, 1.165) is 22.8 Å². The molecule has 0 saturated carbocycles. The van der Waals surface area contributed by atoms with Crippen LogP contribution in [0.25, 0.3) is 10.8 Å². The number of nitrogens with one attached hydrogen (secondary N) is 1. The normalized spacial score (nSPS) is 13.0. The topological polar surface area (TPSA) is 109 Å². The number of Topliss-reactive ketones (excluding diaryl/α,β-unsaturated/α-hetero) is 1. The molecule has 2 aromatic rings. The second-order valence-electron chi connectivity index (χ2n) is 7.12. The zero-order valence-corrected chi connectivity index (χ0v) is 17.2. The van der Waals surface area contributed by atoms with E-state index in [1.165, 1.54) is 0 Å². The van der Waals surface area contributed by atoms with Gasteiger partial charge in [-0.05, 0) is 35.7 Å². The highest BCUT2D eigenvalue weighted by Gasteiger charge is 2.26. The van der Waals surface area contributed by atoms with Crippen LogP contribution in [0.3, 0.4) is 0 Å². The number of thiol groups is 1. The van der Waals surface area contributed by atoms with Crippen LogP contribution in [0.15, 0.2) is 42.5 Å². The van der Waals surface area contributed by atoms with E-state index in [-0.39, 0.29) is 24.4 Å². The number of carboxylic acids is 1. The molecule has 0 aliphatic heterocycles. The van der Waals surface area contributed by atoms with Gasteiger partial charge in [0.1, 0.15) is 11.8 Å². The Kier molecular flexibility index (Phi) is 9.15. The Bertz CT molecular complexity index is 850. The van der Waals surface area contributed by atoms with Gasteiger partial charge < -0.3 is 16.2 Å². The third kappa shape index (κ3) is 6.87. The number of benzene rings is 2. The van der Waals surface area contributed by atoms with Gasteiger partial charge in [0.15, 0.2) is 0 Å². The van der Waals surface area contributed by atoms with E-state index < -0.39 is 23.8 Å². The number of amides is 1. The molecule has 0 spiro atoms. The molecule has 0 radical (unpaired) electrons. The number of nitrogens with two attached hydrogens (primary N) is 1. The third-order valence-corrected chi connectivity index (χ3v) is 5.28. The Hall–Kier alpha value is -2.38. The Morgan fingerprint density at radius 1 is 1.07 bits per heavy atom. The van der Waals surface area contributed by atoms with E-state index in [0.29, 0.717) is 19.4 Å². The molecule has 0 heterocycles. The van der Waals surface area contributed by atoms with Crippen LogP contribution in [-0.2, 0) is 20.8 Å². The number of ketones is 1. The molecule has 2 aromatic carbocycles. The number of aliphatic carboxylic acids is 1. The Morgan fingerprint density at radius 2 is 1.79 bits per heavy atom. The lowest BCUT2D eigenvalue weighted by Crippen LogP contribution is -2.45. The first-order valence-corrected chi connectivity index (χ1v) is 10.4. The van der Waals surface area contributed by atoms with Gasteiger partial charge in [0.05, 0.1) is 0 Å². The number of fused-ring (bicyclic) bond motifs is 1. The van der Waals surface area contributed by atoms with Crippen molar-refractivity contribution in [3.63, 3.8) is 0 Å². The lowest BCUT2D eigenvalue weighted by molar-refractivity contribution is -0.142. The molecule has 7 heteroatoms. The number of hydrogen-bond acceptors (Lipinski definition) is 5. The number of carboxylic acid groups (broad SMARTS) is 1. The van der Waals surface area contributed by atoms with Gasteiger partial charge in [-0.25, -0.2) is 4.79 Å². The number of hydrogen-bond donors (Lipinski definition) is 4. The second kappa shape index (κ2) is 11.6. The quantitative estimate of drug-likeness (QED) is 0.314. The van der Waals surface area contributed by atoms with Gasteiger partial charge in [-0.1, -0.05) is 48.9 Å². The Balaban J connectivity index is 2.09. The van der Waals surface area contributed by atoms with Crippen molar-refractivity contribution in [3.8, 4) is 0 Å². The van der Waals surface area contributed by atoms with Crippen LogP contribution in [-0.4, -0.2) is 41.1 Å². The Morgan fingerprint density at radius 3 is 2.48 bits per heavy atom. The largest absolute Gasteiger partial charge is 0.480 e. The van der Waals surface area contributed by atoms with Crippen molar-refractivity contribution in [1.82, 2.24) is 5.32 Å². The summed E-state index contributed by atoms with van der Waals surface area (Å²) in [6.45, 7) is 0.507. The molecule has 0 fully saturated rings. The average molecular weight is 417 g/mol. The number of carbonyl (C=O) groups is 3. The fraction of sp³-hybridized carbons (Fsp3) is 0.409. The highest BCUT2D eigenvalue weighted by Crippen LogP contribution is 2.21. The number of carbonyl (C=O) groups excluding carboxylic acids is 2. The van der Waals surface area contributed by atoms with E-state index >= 15 is 0 Å². The summed E-state index contributed by atoms with van der Waals surface area (Å²) >= 11 is 3.97. The van der Waals surface area contributed by atoms with Crippen LogP contribution < -0.4 is 11.1 Å². The first-order valence-electron chi connectivity index (χ1n) is 9.78. The van der Waals surface area contributed by atoms with Crippen molar-refractivity contribution in [2.45, 2.75) is 38.1 Å². The van der Waals surface area contributed by atoms with Gasteiger partial charge in [0, 0.05) is 24.5 Å². The van der Waals surface area contributed by atoms with Crippen LogP contribution in [0.5, 0.6) is 0 Å². The molecular weight excluding hydrogens is 388 g/mol. The van der Waals surface area contributed by atoms with Crippen molar-refractivity contribution < 1.29 is 19.5 Å².